The molecular formula is C21H27N3O2. The molecule has 1 N–H and O–H groups in total. The van der Waals surface area contributed by atoms with Gasteiger partial charge in [0.2, 0.25) is 0 Å². The first-order chi connectivity index (χ1) is 12.8. The van der Waals surface area contributed by atoms with Gasteiger partial charge in [-0.05, 0) is 43.7 Å². The number of aromatic amines is 1. The highest BCUT2D eigenvalue weighted by Gasteiger charge is 2.40. The zero-order chi connectivity index (χ0) is 17.5. The molecule has 0 radical (unpaired) electrons. The summed E-state index contributed by atoms with van der Waals surface area (Å²) in [6.07, 6.45) is 5.03. The molecular weight excluding hydrogens is 326 g/mol. The predicted molar refractivity (Wildman–Crippen MR) is 101 cm³/mol. The molecule has 1 aromatic carbocycles. The molecule has 138 valence electrons. The summed E-state index contributed by atoms with van der Waals surface area (Å²) in [6.45, 7) is 4.70. The summed E-state index contributed by atoms with van der Waals surface area (Å²) in [5, 5.41) is 1.10. The number of likely N-dealkylation sites (tertiary alicyclic amines) is 1. The van der Waals surface area contributed by atoms with Crippen molar-refractivity contribution in [3.8, 4) is 0 Å². The zero-order valence-corrected chi connectivity index (χ0v) is 15.2. The smallest absolute Gasteiger partial charge is 0.270 e. The van der Waals surface area contributed by atoms with E-state index in [0.29, 0.717) is 17.8 Å². The van der Waals surface area contributed by atoms with Gasteiger partial charge >= 0.3 is 0 Å². The van der Waals surface area contributed by atoms with E-state index >= 15 is 0 Å². The molecule has 5 heteroatoms. The van der Waals surface area contributed by atoms with Gasteiger partial charge in [-0.1, -0.05) is 18.2 Å². The number of para-hydroxylation sites is 1. The molecule has 3 aliphatic rings. The number of nitrogens with one attached hydrogen (secondary N) is 1. The van der Waals surface area contributed by atoms with E-state index < -0.39 is 0 Å². The number of aromatic nitrogens is 1. The molecule has 5 rings (SSSR count). The molecule has 2 aromatic rings. The van der Waals surface area contributed by atoms with Gasteiger partial charge < -0.3 is 14.6 Å². The van der Waals surface area contributed by atoms with Crippen molar-refractivity contribution in [1.29, 1.82) is 0 Å². The van der Waals surface area contributed by atoms with E-state index in [-0.39, 0.29) is 5.91 Å². The molecule has 3 heterocycles. The summed E-state index contributed by atoms with van der Waals surface area (Å²) in [5.74, 6) is 1.02. The largest absolute Gasteiger partial charge is 0.381 e. The topological polar surface area (TPSA) is 48.6 Å². The Bertz CT molecular complexity index is 752. The first kappa shape index (κ1) is 16.3. The lowest BCUT2D eigenvalue weighted by Crippen LogP contribution is -2.64. The molecule has 2 saturated heterocycles. The third-order valence-electron chi connectivity index (χ3n) is 6.20. The highest BCUT2D eigenvalue weighted by Crippen LogP contribution is 2.34. The number of amides is 1. The lowest BCUT2D eigenvalue weighted by atomic mass is 9.99. The summed E-state index contributed by atoms with van der Waals surface area (Å²) in [7, 11) is 0. The Balaban J connectivity index is 1.25. The van der Waals surface area contributed by atoms with Crippen LogP contribution in [0.1, 0.15) is 36.2 Å². The molecule has 1 saturated carbocycles. The number of carbonyl (C=O) groups is 1. The van der Waals surface area contributed by atoms with E-state index in [4.69, 9.17) is 4.74 Å². The fraction of sp³-hybridized carbons (Fsp3) is 0.571. The minimum absolute atomic E-state index is 0.135. The van der Waals surface area contributed by atoms with Crippen LogP contribution in [-0.2, 0) is 4.74 Å². The van der Waals surface area contributed by atoms with Crippen LogP contribution < -0.4 is 0 Å². The average Bonchev–Trinajstić information content (AvgIpc) is 3.35. The Morgan fingerprint density at radius 1 is 1.12 bits per heavy atom. The van der Waals surface area contributed by atoms with Gasteiger partial charge in [0, 0.05) is 55.8 Å². The number of hydrogen-bond donors (Lipinski definition) is 1. The minimum Gasteiger partial charge on any atom is -0.381 e. The summed E-state index contributed by atoms with van der Waals surface area (Å²) in [6, 6.07) is 11.2. The van der Waals surface area contributed by atoms with E-state index in [1.54, 1.807) is 0 Å². The van der Waals surface area contributed by atoms with E-state index in [2.05, 4.69) is 9.88 Å². The number of nitrogens with zero attached hydrogens (tertiary/aromatic N) is 2. The number of hydrogen-bond acceptors (Lipinski definition) is 3. The third kappa shape index (κ3) is 3.14. The molecule has 2 aliphatic heterocycles. The number of H-pyrrole nitrogens is 1. The van der Waals surface area contributed by atoms with Crippen LogP contribution in [0.3, 0.4) is 0 Å². The lowest BCUT2D eigenvalue weighted by Gasteiger charge is -2.49. The maximum absolute atomic E-state index is 12.8. The number of carbonyl (C=O) groups excluding carboxylic acids is 1. The third-order valence-corrected chi connectivity index (χ3v) is 6.20. The Kier molecular flexibility index (Phi) is 4.21. The van der Waals surface area contributed by atoms with Crippen molar-refractivity contribution < 1.29 is 9.53 Å². The molecule has 26 heavy (non-hydrogen) atoms. The fourth-order valence-electron chi connectivity index (χ4n) is 4.40. The monoisotopic (exact) mass is 353 g/mol. The highest BCUT2D eigenvalue weighted by atomic mass is 16.5. The van der Waals surface area contributed by atoms with E-state index in [0.717, 1.165) is 56.0 Å². The van der Waals surface area contributed by atoms with Gasteiger partial charge in [0.15, 0.2) is 0 Å². The number of fused-ring (bicyclic) bond motifs is 1. The van der Waals surface area contributed by atoms with Crippen LogP contribution in [0.25, 0.3) is 10.9 Å². The average molecular weight is 353 g/mol. The van der Waals surface area contributed by atoms with Crippen LogP contribution in [0, 0.1) is 5.92 Å². The van der Waals surface area contributed by atoms with Crippen molar-refractivity contribution in [3.05, 3.63) is 36.0 Å². The van der Waals surface area contributed by atoms with Crippen molar-refractivity contribution in [1.82, 2.24) is 14.8 Å². The van der Waals surface area contributed by atoms with Gasteiger partial charge in [-0.3, -0.25) is 9.69 Å². The second-order valence-corrected chi connectivity index (χ2v) is 8.12. The van der Waals surface area contributed by atoms with Crippen LogP contribution in [0.15, 0.2) is 30.3 Å². The van der Waals surface area contributed by atoms with Gasteiger partial charge in [-0.2, -0.15) is 0 Å². The maximum atomic E-state index is 12.8. The van der Waals surface area contributed by atoms with Crippen molar-refractivity contribution in [2.75, 3.05) is 32.8 Å². The van der Waals surface area contributed by atoms with Gasteiger partial charge in [-0.15, -0.1) is 0 Å². The van der Waals surface area contributed by atoms with E-state index in [9.17, 15) is 4.79 Å². The Morgan fingerprint density at radius 2 is 1.88 bits per heavy atom. The highest BCUT2D eigenvalue weighted by molar-refractivity contribution is 5.98. The molecule has 1 aromatic heterocycles. The molecule has 0 atom stereocenters. The van der Waals surface area contributed by atoms with Crippen LogP contribution in [-0.4, -0.2) is 65.6 Å². The van der Waals surface area contributed by atoms with Crippen LogP contribution in [0.2, 0.25) is 0 Å². The van der Waals surface area contributed by atoms with Gasteiger partial charge in [0.1, 0.15) is 5.69 Å². The second-order valence-electron chi connectivity index (χ2n) is 8.12. The predicted octanol–water partition coefficient (Wildman–Crippen LogP) is 2.88. The number of rotatable bonds is 5. The maximum Gasteiger partial charge on any atom is 0.270 e. The Labute approximate surface area is 154 Å². The van der Waals surface area contributed by atoms with Crippen molar-refractivity contribution in [2.45, 2.75) is 37.8 Å². The van der Waals surface area contributed by atoms with E-state index in [1.165, 1.54) is 19.4 Å². The van der Waals surface area contributed by atoms with Crippen LogP contribution >= 0.6 is 0 Å². The quantitative estimate of drug-likeness (QED) is 0.899. The lowest BCUT2D eigenvalue weighted by molar-refractivity contribution is -0.0268. The Hall–Kier alpha value is -1.85. The standard InChI is InChI=1S/C21H27N3O2/c25-21(20-11-16-3-1-2-4-19(16)22-20)23-13-18(14-23)24(12-15-5-6-15)17-7-9-26-10-8-17/h1-4,11,15,17-18,22H,5-10,12-14H2. The molecule has 1 aliphatic carbocycles. The Morgan fingerprint density at radius 3 is 2.62 bits per heavy atom. The molecule has 0 bridgehead atoms. The van der Waals surface area contributed by atoms with Gasteiger partial charge in [-0.25, -0.2) is 0 Å². The minimum atomic E-state index is 0.135. The van der Waals surface area contributed by atoms with E-state index in [1.807, 2.05) is 35.2 Å². The number of ether oxygens (including phenoxy) is 1. The summed E-state index contributed by atoms with van der Waals surface area (Å²) in [5.41, 5.74) is 1.75. The number of benzene rings is 1. The summed E-state index contributed by atoms with van der Waals surface area (Å²) < 4.78 is 5.55. The first-order valence-corrected chi connectivity index (χ1v) is 9.98. The van der Waals surface area contributed by atoms with Crippen LogP contribution in [0.4, 0.5) is 0 Å². The molecule has 3 fully saturated rings. The van der Waals surface area contributed by atoms with Gasteiger partial charge in [0.25, 0.3) is 5.91 Å². The fourth-order valence-corrected chi connectivity index (χ4v) is 4.40. The summed E-state index contributed by atoms with van der Waals surface area (Å²) in [4.78, 5) is 20.8. The first-order valence-electron chi connectivity index (χ1n) is 9.98. The van der Waals surface area contributed by atoms with Crippen molar-refractivity contribution >= 4 is 16.8 Å². The molecule has 5 nitrogen and oxygen atoms in total. The molecule has 1 amide bonds. The van der Waals surface area contributed by atoms with Crippen molar-refractivity contribution in [3.63, 3.8) is 0 Å². The SMILES string of the molecule is O=C(c1cc2ccccc2[nH]1)N1CC(N(CC2CC2)C2CCOCC2)C1. The molecule has 0 spiro atoms. The van der Waals surface area contributed by atoms with Crippen LogP contribution in [0.5, 0.6) is 0 Å². The molecule has 0 unspecified atom stereocenters. The zero-order valence-electron chi connectivity index (χ0n) is 15.2. The summed E-state index contributed by atoms with van der Waals surface area (Å²) >= 11 is 0. The second kappa shape index (κ2) is 6.71. The normalized spacial score (nSPS) is 22.1. The van der Waals surface area contributed by atoms with Crippen molar-refractivity contribution in [2.24, 2.45) is 5.92 Å². The van der Waals surface area contributed by atoms with Gasteiger partial charge in [0.05, 0.1) is 0 Å².